The van der Waals surface area contributed by atoms with E-state index >= 15 is 8.78 Å². The molecule has 3 aliphatic rings. The molecule has 4 heteroatoms. The number of rotatable bonds is 6. The lowest BCUT2D eigenvalue weighted by molar-refractivity contribution is 0.240. The standard InChI is InChI=1S/C33H40F3N/c1-2-21-3-5-22(6-4-21)7-8-23-9-16-29-28(17-23)19-31(35)32(33(29)36)25-12-10-24(11-13-25)26-14-15-27(20-37)30(34)18-26/h14-15,18-19,21-25H,2-13,16-17H2,1H3. The normalized spacial score (nSPS) is 27.9. The van der Waals surface area contributed by atoms with Crippen LogP contribution in [0.25, 0.3) is 0 Å². The Bertz CT molecular complexity index is 1130. The lowest BCUT2D eigenvalue weighted by atomic mass is 9.73. The molecule has 0 bridgehead atoms. The molecule has 0 radical (unpaired) electrons. The van der Waals surface area contributed by atoms with Gasteiger partial charge in [-0.1, -0.05) is 51.5 Å². The zero-order valence-corrected chi connectivity index (χ0v) is 22.2. The van der Waals surface area contributed by atoms with Crippen molar-refractivity contribution in [3.63, 3.8) is 0 Å². The summed E-state index contributed by atoms with van der Waals surface area (Å²) >= 11 is 0. The molecule has 0 saturated heterocycles. The van der Waals surface area contributed by atoms with Crippen LogP contribution in [0.15, 0.2) is 24.3 Å². The molecule has 198 valence electrons. The number of fused-ring (bicyclic) bond motifs is 1. The highest BCUT2D eigenvalue weighted by atomic mass is 19.1. The molecule has 5 rings (SSSR count). The van der Waals surface area contributed by atoms with Crippen LogP contribution in [-0.4, -0.2) is 0 Å². The van der Waals surface area contributed by atoms with Gasteiger partial charge < -0.3 is 0 Å². The van der Waals surface area contributed by atoms with E-state index in [0.717, 1.165) is 60.6 Å². The second-order valence-electron chi connectivity index (χ2n) is 12.1. The summed E-state index contributed by atoms with van der Waals surface area (Å²) in [6.07, 6.45) is 14.7. The first-order chi connectivity index (χ1) is 18.0. The maximum Gasteiger partial charge on any atom is 0.141 e. The van der Waals surface area contributed by atoms with Gasteiger partial charge in [0.15, 0.2) is 0 Å². The van der Waals surface area contributed by atoms with E-state index in [-0.39, 0.29) is 34.6 Å². The molecule has 2 fully saturated rings. The van der Waals surface area contributed by atoms with Crippen molar-refractivity contribution in [1.82, 2.24) is 0 Å². The van der Waals surface area contributed by atoms with Crippen LogP contribution in [0.2, 0.25) is 0 Å². The van der Waals surface area contributed by atoms with Gasteiger partial charge in [-0.15, -0.1) is 0 Å². The summed E-state index contributed by atoms with van der Waals surface area (Å²) in [5.74, 6) is 1.20. The Kier molecular flexibility index (Phi) is 8.28. The van der Waals surface area contributed by atoms with Crippen LogP contribution in [0.3, 0.4) is 0 Å². The lowest BCUT2D eigenvalue weighted by Crippen LogP contribution is -2.21. The Hall–Kier alpha value is -2.28. The number of hydrogen-bond acceptors (Lipinski definition) is 1. The number of halogens is 3. The Morgan fingerprint density at radius 2 is 1.46 bits per heavy atom. The lowest BCUT2D eigenvalue weighted by Gasteiger charge is -2.32. The van der Waals surface area contributed by atoms with E-state index in [1.165, 1.54) is 57.1 Å². The van der Waals surface area contributed by atoms with Crippen molar-refractivity contribution < 1.29 is 13.2 Å². The van der Waals surface area contributed by atoms with Gasteiger partial charge in [0.05, 0.1) is 5.56 Å². The molecule has 0 amide bonds. The zero-order chi connectivity index (χ0) is 25.9. The summed E-state index contributed by atoms with van der Waals surface area (Å²) in [4.78, 5) is 0. The van der Waals surface area contributed by atoms with Crippen LogP contribution < -0.4 is 0 Å². The summed E-state index contributed by atoms with van der Waals surface area (Å²) in [5, 5.41) is 8.97. The van der Waals surface area contributed by atoms with Crippen molar-refractivity contribution in [2.75, 3.05) is 0 Å². The predicted octanol–water partition coefficient (Wildman–Crippen LogP) is 9.52. The minimum atomic E-state index is -0.490. The van der Waals surface area contributed by atoms with E-state index < -0.39 is 5.82 Å². The smallest absolute Gasteiger partial charge is 0.141 e. The molecule has 1 nitrogen and oxygen atoms in total. The third-order valence-electron chi connectivity index (χ3n) is 10.0. The van der Waals surface area contributed by atoms with Gasteiger partial charge in [0, 0.05) is 5.56 Å². The minimum Gasteiger partial charge on any atom is -0.207 e. The molecule has 0 heterocycles. The van der Waals surface area contributed by atoms with Gasteiger partial charge in [-0.3, -0.25) is 0 Å². The number of nitrogens with zero attached hydrogens (tertiary/aromatic N) is 1. The molecule has 0 N–H and O–H groups in total. The fourth-order valence-electron chi connectivity index (χ4n) is 7.55. The van der Waals surface area contributed by atoms with Gasteiger partial charge in [0.2, 0.25) is 0 Å². The van der Waals surface area contributed by atoms with E-state index in [1.807, 2.05) is 12.1 Å². The Labute approximate surface area is 220 Å². The summed E-state index contributed by atoms with van der Waals surface area (Å²) in [6.45, 7) is 2.30. The van der Waals surface area contributed by atoms with Gasteiger partial charge in [-0.2, -0.15) is 5.26 Å². The van der Waals surface area contributed by atoms with Crippen LogP contribution in [0, 0.1) is 46.5 Å². The second kappa shape index (κ2) is 11.6. The van der Waals surface area contributed by atoms with Gasteiger partial charge >= 0.3 is 0 Å². The largest absolute Gasteiger partial charge is 0.207 e. The third kappa shape index (κ3) is 5.76. The summed E-state index contributed by atoms with van der Waals surface area (Å²) in [5.41, 5.74) is 2.87. The molecule has 0 aromatic heterocycles. The molecule has 1 unspecified atom stereocenters. The Morgan fingerprint density at radius 1 is 0.784 bits per heavy atom. The molecule has 1 atom stereocenters. The molecular weight excluding hydrogens is 467 g/mol. The number of benzene rings is 2. The zero-order valence-electron chi connectivity index (χ0n) is 22.2. The van der Waals surface area contributed by atoms with Crippen LogP contribution in [0.1, 0.15) is 124 Å². The van der Waals surface area contributed by atoms with Gasteiger partial charge in [0.25, 0.3) is 0 Å². The summed E-state index contributed by atoms with van der Waals surface area (Å²) in [6, 6.07) is 8.31. The fourth-order valence-corrected chi connectivity index (χ4v) is 7.55. The molecule has 2 aromatic carbocycles. The average Bonchev–Trinajstić information content (AvgIpc) is 2.92. The molecule has 0 spiro atoms. The predicted molar refractivity (Wildman–Crippen MR) is 142 cm³/mol. The number of nitriles is 1. The van der Waals surface area contributed by atoms with E-state index in [4.69, 9.17) is 5.26 Å². The van der Waals surface area contributed by atoms with Crippen LogP contribution in [0.5, 0.6) is 0 Å². The second-order valence-corrected chi connectivity index (χ2v) is 12.1. The quantitative estimate of drug-likeness (QED) is 0.382. The molecule has 3 aliphatic carbocycles. The van der Waals surface area contributed by atoms with E-state index in [9.17, 15) is 4.39 Å². The van der Waals surface area contributed by atoms with Crippen molar-refractivity contribution >= 4 is 0 Å². The number of hydrogen-bond donors (Lipinski definition) is 0. The Balaban J connectivity index is 1.20. The topological polar surface area (TPSA) is 23.8 Å². The molecular formula is C33H40F3N. The van der Waals surface area contributed by atoms with Gasteiger partial charge in [-0.25, -0.2) is 13.2 Å². The summed E-state index contributed by atoms with van der Waals surface area (Å²) < 4.78 is 45.1. The van der Waals surface area contributed by atoms with Gasteiger partial charge in [-0.05, 0) is 116 Å². The molecule has 2 saturated carbocycles. The molecule has 0 aliphatic heterocycles. The van der Waals surface area contributed by atoms with Crippen molar-refractivity contribution in [2.45, 2.75) is 109 Å². The van der Waals surface area contributed by atoms with Crippen molar-refractivity contribution in [2.24, 2.45) is 17.8 Å². The van der Waals surface area contributed by atoms with Crippen molar-refractivity contribution in [1.29, 1.82) is 5.26 Å². The van der Waals surface area contributed by atoms with Gasteiger partial charge in [0.1, 0.15) is 23.5 Å². The first-order valence-electron chi connectivity index (χ1n) is 14.7. The fraction of sp³-hybridized carbons (Fsp3) is 0.606. The van der Waals surface area contributed by atoms with Crippen LogP contribution >= 0.6 is 0 Å². The van der Waals surface area contributed by atoms with Crippen molar-refractivity contribution in [3.8, 4) is 6.07 Å². The third-order valence-corrected chi connectivity index (χ3v) is 10.0. The highest BCUT2D eigenvalue weighted by Gasteiger charge is 2.32. The maximum absolute atomic E-state index is 15.7. The first kappa shape index (κ1) is 26.3. The molecule has 2 aromatic rings. The highest BCUT2D eigenvalue weighted by Crippen LogP contribution is 2.44. The first-order valence-corrected chi connectivity index (χ1v) is 14.7. The van der Waals surface area contributed by atoms with Crippen molar-refractivity contribution in [3.05, 3.63) is 69.5 Å². The van der Waals surface area contributed by atoms with E-state index in [0.29, 0.717) is 18.8 Å². The SMILES string of the molecule is CCC1CCC(CCC2CCc3c(cc(F)c(C4CCC(c5ccc(C#N)c(F)c5)CC4)c3F)C2)CC1. The van der Waals surface area contributed by atoms with Crippen LogP contribution in [0.4, 0.5) is 13.2 Å². The summed E-state index contributed by atoms with van der Waals surface area (Å²) in [7, 11) is 0. The van der Waals surface area contributed by atoms with E-state index in [2.05, 4.69) is 6.92 Å². The minimum absolute atomic E-state index is 0.0528. The van der Waals surface area contributed by atoms with Crippen LogP contribution in [-0.2, 0) is 12.8 Å². The molecule has 37 heavy (non-hydrogen) atoms. The Morgan fingerprint density at radius 3 is 2.14 bits per heavy atom. The highest BCUT2D eigenvalue weighted by molar-refractivity contribution is 5.40. The monoisotopic (exact) mass is 507 g/mol. The maximum atomic E-state index is 15.7. The van der Waals surface area contributed by atoms with E-state index in [1.54, 1.807) is 6.07 Å². The average molecular weight is 508 g/mol.